The minimum Gasteiger partial charge on any atom is -0.171 e. The van der Waals surface area contributed by atoms with Gasteiger partial charge in [0.15, 0.2) is 0 Å². The zero-order chi connectivity index (χ0) is 10.2. The van der Waals surface area contributed by atoms with Crippen LogP contribution in [0.5, 0.6) is 0 Å². The normalized spacial score (nSPS) is 13.3. The molecule has 0 radical (unpaired) electrons. The smallest absolute Gasteiger partial charge is 0.144 e. The molecule has 0 saturated heterocycles. The van der Waals surface area contributed by atoms with E-state index in [1.165, 1.54) is 18.0 Å². The summed E-state index contributed by atoms with van der Waals surface area (Å²) >= 11 is 6.23. The van der Waals surface area contributed by atoms with E-state index < -0.39 is 8.11 Å². The standard InChI is InChI=1S/C12H17ClSi/c1-2-10-14(13)11-6-9-12-7-4-3-5-8-12/h3-9,14H,2,10-11H2,1H3. The maximum absolute atomic E-state index is 6.23. The van der Waals surface area contributed by atoms with Crippen molar-refractivity contribution in [3.63, 3.8) is 0 Å². The molecular formula is C12H17ClSi. The lowest BCUT2D eigenvalue weighted by atomic mass is 10.2. The highest BCUT2D eigenvalue weighted by atomic mass is 35.6. The molecule has 14 heavy (non-hydrogen) atoms. The Morgan fingerprint density at radius 1 is 1.29 bits per heavy atom. The molecule has 0 bridgehead atoms. The van der Waals surface area contributed by atoms with E-state index in [9.17, 15) is 0 Å². The third kappa shape index (κ3) is 4.63. The van der Waals surface area contributed by atoms with Gasteiger partial charge < -0.3 is 0 Å². The largest absolute Gasteiger partial charge is 0.171 e. The molecule has 1 atom stereocenters. The van der Waals surface area contributed by atoms with Gasteiger partial charge in [-0.1, -0.05) is 55.8 Å². The predicted molar refractivity (Wildman–Crippen MR) is 68.4 cm³/mol. The summed E-state index contributed by atoms with van der Waals surface area (Å²) in [4.78, 5) is 0. The Hall–Kier alpha value is -0.533. The van der Waals surface area contributed by atoms with Crippen molar-refractivity contribution in [2.45, 2.75) is 25.4 Å². The number of allylic oxidation sites excluding steroid dienone is 1. The summed E-state index contributed by atoms with van der Waals surface area (Å²) in [6, 6.07) is 12.7. The van der Waals surface area contributed by atoms with Crippen LogP contribution in [0.3, 0.4) is 0 Å². The lowest BCUT2D eigenvalue weighted by Crippen LogP contribution is -1.99. The maximum Gasteiger partial charge on any atom is 0.144 e. The molecule has 0 aromatic heterocycles. The van der Waals surface area contributed by atoms with Crippen molar-refractivity contribution in [2.24, 2.45) is 0 Å². The van der Waals surface area contributed by atoms with E-state index >= 15 is 0 Å². The molecule has 76 valence electrons. The first-order chi connectivity index (χ1) is 6.83. The van der Waals surface area contributed by atoms with Gasteiger partial charge in [-0.25, -0.2) is 0 Å². The van der Waals surface area contributed by atoms with E-state index in [0.29, 0.717) is 0 Å². The second-order valence-corrected chi connectivity index (χ2v) is 7.53. The summed E-state index contributed by atoms with van der Waals surface area (Å²) in [7, 11) is -0.958. The number of benzene rings is 1. The summed E-state index contributed by atoms with van der Waals surface area (Å²) in [5.74, 6) is 0. The van der Waals surface area contributed by atoms with Gasteiger partial charge in [-0.2, -0.15) is 11.1 Å². The Morgan fingerprint density at radius 2 is 2.00 bits per heavy atom. The zero-order valence-corrected chi connectivity index (χ0v) is 10.5. The van der Waals surface area contributed by atoms with E-state index in [0.717, 1.165) is 6.04 Å². The van der Waals surface area contributed by atoms with Crippen LogP contribution < -0.4 is 0 Å². The van der Waals surface area contributed by atoms with Gasteiger partial charge in [0.1, 0.15) is 8.11 Å². The molecule has 1 aromatic carbocycles. The number of hydrogen-bond donors (Lipinski definition) is 0. The first-order valence-electron chi connectivity index (χ1n) is 5.18. The van der Waals surface area contributed by atoms with Crippen LogP contribution in [-0.2, 0) is 0 Å². The number of hydrogen-bond acceptors (Lipinski definition) is 0. The second-order valence-electron chi connectivity index (χ2n) is 3.43. The maximum atomic E-state index is 6.23. The highest BCUT2D eigenvalue weighted by Crippen LogP contribution is 2.10. The Kier molecular flexibility index (Phi) is 5.65. The van der Waals surface area contributed by atoms with Crippen molar-refractivity contribution in [1.29, 1.82) is 0 Å². The summed E-state index contributed by atoms with van der Waals surface area (Å²) in [5.41, 5.74) is 1.27. The lowest BCUT2D eigenvalue weighted by molar-refractivity contribution is 1.07. The Bertz CT molecular complexity index is 269. The summed E-state index contributed by atoms with van der Waals surface area (Å²) in [6.07, 6.45) is 5.60. The molecule has 0 aliphatic heterocycles. The fourth-order valence-corrected chi connectivity index (χ4v) is 3.60. The fourth-order valence-electron chi connectivity index (χ4n) is 1.35. The first kappa shape index (κ1) is 11.5. The number of rotatable bonds is 5. The predicted octanol–water partition coefficient (Wildman–Crippen LogP) is 4.07. The molecule has 0 N–H and O–H groups in total. The van der Waals surface area contributed by atoms with Crippen molar-refractivity contribution in [3.05, 3.63) is 42.0 Å². The molecule has 1 rings (SSSR count). The Balaban J connectivity index is 2.34. The average Bonchev–Trinajstić information content (AvgIpc) is 2.20. The van der Waals surface area contributed by atoms with Crippen LogP contribution in [0.4, 0.5) is 0 Å². The molecule has 0 aliphatic carbocycles. The molecule has 2 heteroatoms. The van der Waals surface area contributed by atoms with Gasteiger partial charge >= 0.3 is 0 Å². The van der Waals surface area contributed by atoms with Crippen LogP contribution in [0.25, 0.3) is 6.08 Å². The molecule has 0 fully saturated rings. The topological polar surface area (TPSA) is 0 Å². The highest BCUT2D eigenvalue weighted by Gasteiger charge is 2.01. The molecule has 1 unspecified atom stereocenters. The van der Waals surface area contributed by atoms with E-state index in [1.54, 1.807) is 0 Å². The highest BCUT2D eigenvalue weighted by molar-refractivity contribution is 7.07. The quantitative estimate of drug-likeness (QED) is 0.523. The molecule has 0 heterocycles. The Labute approximate surface area is 92.9 Å². The van der Waals surface area contributed by atoms with Crippen LogP contribution in [0.2, 0.25) is 12.1 Å². The van der Waals surface area contributed by atoms with E-state index in [2.05, 4.69) is 43.3 Å². The van der Waals surface area contributed by atoms with Crippen molar-refractivity contribution in [2.75, 3.05) is 0 Å². The second kappa shape index (κ2) is 6.85. The monoisotopic (exact) mass is 224 g/mol. The van der Waals surface area contributed by atoms with Crippen molar-refractivity contribution in [1.82, 2.24) is 0 Å². The molecule has 0 aliphatic rings. The summed E-state index contributed by atoms with van der Waals surface area (Å²) < 4.78 is 0. The van der Waals surface area contributed by atoms with E-state index in [-0.39, 0.29) is 0 Å². The average molecular weight is 225 g/mol. The van der Waals surface area contributed by atoms with Crippen LogP contribution in [0, 0.1) is 0 Å². The van der Waals surface area contributed by atoms with Gasteiger partial charge in [0.05, 0.1) is 0 Å². The third-order valence-electron chi connectivity index (χ3n) is 2.10. The summed E-state index contributed by atoms with van der Waals surface area (Å²) in [5, 5.41) is 0. The van der Waals surface area contributed by atoms with Crippen LogP contribution >= 0.6 is 11.1 Å². The van der Waals surface area contributed by atoms with Crippen LogP contribution in [0.15, 0.2) is 36.4 Å². The number of halogens is 1. The van der Waals surface area contributed by atoms with Crippen molar-refractivity contribution < 1.29 is 0 Å². The molecule has 0 saturated carbocycles. The lowest BCUT2D eigenvalue weighted by Gasteiger charge is -2.00. The van der Waals surface area contributed by atoms with Crippen LogP contribution in [-0.4, -0.2) is 8.11 Å². The molecule has 0 spiro atoms. The van der Waals surface area contributed by atoms with Gasteiger partial charge in [-0.3, -0.25) is 0 Å². The molecule has 0 nitrogen and oxygen atoms in total. The van der Waals surface area contributed by atoms with Gasteiger partial charge in [0.25, 0.3) is 0 Å². The molecule has 0 amide bonds. The fraction of sp³-hybridized carbons (Fsp3) is 0.333. The zero-order valence-electron chi connectivity index (χ0n) is 8.62. The van der Waals surface area contributed by atoms with Gasteiger partial charge in [0, 0.05) is 0 Å². The van der Waals surface area contributed by atoms with Gasteiger partial charge in [0.2, 0.25) is 0 Å². The summed E-state index contributed by atoms with van der Waals surface area (Å²) in [6.45, 7) is 2.20. The first-order valence-corrected chi connectivity index (χ1v) is 8.56. The SMILES string of the molecule is CCC[SiH](Cl)CC=Cc1ccccc1. The van der Waals surface area contributed by atoms with Gasteiger partial charge in [-0.05, 0) is 17.7 Å². The van der Waals surface area contributed by atoms with Crippen molar-refractivity contribution >= 4 is 25.3 Å². The third-order valence-corrected chi connectivity index (χ3v) is 5.28. The Morgan fingerprint density at radius 3 is 2.64 bits per heavy atom. The van der Waals surface area contributed by atoms with Crippen LogP contribution in [0.1, 0.15) is 18.9 Å². The van der Waals surface area contributed by atoms with E-state index in [1.807, 2.05) is 6.07 Å². The molecule has 1 aromatic rings. The minimum absolute atomic E-state index is 0.958. The van der Waals surface area contributed by atoms with Gasteiger partial charge in [-0.15, -0.1) is 0 Å². The minimum atomic E-state index is -0.958. The van der Waals surface area contributed by atoms with Crippen molar-refractivity contribution in [3.8, 4) is 0 Å². The van der Waals surface area contributed by atoms with E-state index in [4.69, 9.17) is 11.1 Å². The molecular weight excluding hydrogens is 208 g/mol.